The first kappa shape index (κ1) is 17.3. The molecule has 25 heavy (non-hydrogen) atoms. The van der Waals surface area contributed by atoms with E-state index in [0.29, 0.717) is 5.96 Å². The van der Waals surface area contributed by atoms with E-state index in [1.165, 1.54) is 6.07 Å². The summed E-state index contributed by atoms with van der Waals surface area (Å²) in [5.41, 5.74) is 7.73. The number of nitrogens with two attached hydrogens (primary N) is 1. The first-order valence-electron chi connectivity index (χ1n) is 8.64. The summed E-state index contributed by atoms with van der Waals surface area (Å²) in [6.45, 7) is 0. The Labute approximate surface area is 147 Å². The van der Waals surface area contributed by atoms with Crippen LogP contribution < -0.4 is 15.8 Å². The van der Waals surface area contributed by atoms with Gasteiger partial charge in [-0.1, -0.05) is 18.2 Å². The number of nitrogens with zero attached hydrogens (tertiary/aromatic N) is 1. The molecule has 0 saturated heterocycles. The molecule has 2 aromatic rings. The Balaban J connectivity index is 1.55. The minimum atomic E-state index is -0.102. The van der Waals surface area contributed by atoms with Crippen LogP contribution in [0.3, 0.4) is 0 Å². The van der Waals surface area contributed by atoms with Crippen LogP contribution in [0, 0.1) is 5.82 Å². The fourth-order valence-electron chi connectivity index (χ4n) is 3.37. The largest absolute Gasteiger partial charge is 0.497 e. The highest BCUT2D eigenvalue weighted by Crippen LogP contribution is 2.35. The van der Waals surface area contributed by atoms with Crippen molar-refractivity contribution >= 4 is 11.6 Å². The van der Waals surface area contributed by atoms with Gasteiger partial charge in [-0.05, 0) is 67.5 Å². The second-order valence-electron chi connectivity index (χ2n) is 6.39. The molecule has 1 saturated carbocycles. The quantitative estimate of drug-likeness (QED) is 0.644. The van der Waals surface area contributed by atoms with Crippen LogP contribution in [0.2, 0.25) is 0 Å². The summed E-state index contributed by atoms with van der Waals surface area (Å²) in [6, 6.07) is 14.8. The molecule has 0 radical (unpaired) electrons. The van der Waals surface area contributed by atoms with Crippen molar-refractivity contribution in [3.8, 4) is 5.75 Å². The van der Waals surface area contributed by atoms with Gasteiger partial charge in [0, 0.05) is 5.69 Å². The van der Waals surface area contributed by atoms with E-state index >= 15 is 0 Å². The van der Waals surface area contributed by atoms with Crippen LogP contribution in [0.15, 0.2) is 53.5 Å². The van der Waals surface area contributed by atoms with E-state index in [1.807, 2.05) is 36.4 Å². The summed E-state index contributed by atoms with van der Waals surface area (Å²) in [4.78, 5) is 4.58. The normalized spacial score (nSPS) is 21.0. The van der Waals surface area contributed by atoms with Gasteiger partial charge in [-0.2, -0.15) is 0 Å². The number of aliphatic imine (C=N–C) groups is 1. The number of rotatable bonds is 4. The molecule has 0 amide bonds. The third-order valence-electron chi connectivity index (χ3n) is 4.73. The van der Waals surface area contributed by atoms with Crippen LogP contribution in [0.1, 0.15) is 37.2 Å². The number of benzene rings is 2. The Morgan fingerprint density at radius 2 is 1.76 bits per heavy atom. The molecular weight excluding hydrogens is 317 g/mol. The highest BCUT2D eigenvalue weighted by Gasteiger charge is 2.24. The van der Waals surface area contributed by atoms with Crippen molar-refractivity contribution in [1.82, 2.24) is 0 Å². The van der Waals surface area contributed by atoms with Gasteiger partial charge in [0.2, 0.25) is 0 Å². The monoisotopic (exact) mass is 341 g/mol. The van der Waals surface area contributed by atoms with E-state index < -0.39 is 0 Å². The first-order valence-corrected chi connectivity index (χ1v) is 8.64. The molecule has 0 unspecified atom stereocenters. The van der Waals surface area contributed by atoms with Crippen LogP contribution >= 0.6 is 0 Å². The summed E-state index contributed by atoms with van der Waals surface area (Å²) < 4.78 is 19.0. The van der Waals surface area contributed by atoms with Crippen molar-refractivity contribution in [3.05, 3.63) is 59.9 Å². The Morgan fingerprint density at radius 3 is 2.40 bits per heavy atom. The van der Waals surface area contributed by atoms with E-state index in [9.17, 15) is 4.39 Å². The number of ether oxygens (including phenoxy) is 1. The van der Waals surface area contributed by atoms with Gasteiger partial charge >= 0.3 is 0 Å². The fourth-order valence-corrected chi connectivity index (χ4v) is 3.37. The van der Waals surface area contributed by atoms with Crippen molar-refractivity contribution < 1.29 is 9.13 Å². The number of anilines is 1. The average Bonchev–Trinajstić information content (AvgIpc) is 2.63. The van der Waals surface area contributed by atoms with Crippen LogP contribution in [0.25, 0.3) is 0 Å². The lowest BCUT2D eigenvalue weighted by molar-refractivity contribution is 0.388. The third kappa shape index (κ3) is 4.50. The lowest BCUT2D eigenvalue weighted by Crippen LogP contribution is -2.27. The molecule has 1 fully saturated rings. The number of guanidine groups is 1. The zero-order chi connectivity index (χ0) is 17.6. The van der Waals surface area contributed by atoms with Gasteiger partial charge < -0.3 is 15.8 Å². The number of hydrogen-bond donors (Lipinski definition) is 2. The zero-order valence-corrected chi connectivity index (χ0v) is 14.4. The van der Waals surface area contributed by atoms with Crippen LogP contribution in [-0.4, -0.2) is 19.1 Å². The maximum absolute atomic E-state index is 13.9. The predicted octanol–water partition coefficient (Wildman–Crippen LogP) is 4.29. The van der Waals surface area contributed by atoms with Gasteiger partial charge in [0.05, 0.1) is 13.2 Å². The maximum atomic E-state index is 13.9. The summed E-state index contributed by atoms with van der Waals surface area (Å²) in [5, 5.41) is 3.10. The van der Waals surface area contributed by atoms with E-state index in [1.54, 1.807) is 13.2 Å². The molecular formula is C20H24FN3O. The maximum Gasteiger partial charge on any atom is 0.193 e. The molecule has 0 aliphatic heterocycles. The van der Waals surface area contributed by atoms with Crippen LogP contribution in [-0.2, 0) is 0 Å². The third-order valence-corrected chi connectivity index (χ3v) is 4.73. The Bertz CT molecular complexity index is 722. The summed E-state index contributed by atoms with van der Waals surface area (Å²) >= 11 is 0. The van der Waals surface area contributed by atoms with Crippen molar-refractivity contribution in [2.75, 3.05) is 12.4 Å². The Morgan fingerprint density at radius 1 is 1.08 bits per heavy atom. The predicted molar refractivity (Wildman–Crippen MR) is 99.6 cm³/mol. The first-order chi connectivity index (χ1) is 12.2. The minimum Gasteiger partial charge on any atom is -0.497 e. The lowest BCUT2D eigenvalue weighted by Gasteiger charge is -2.27. The number of methoxy groups -OCH3 is 1. The Kier molecular flexibility index (Phi) is 5.53. The molecule has 1 aliphatic carbocycles. The summed E-state index contributed by atoms with van der Waals surface area (Å²) in [7, 11) is 1.63. The van der Waals surface area contributed by atoms with E-state index in [4.69, 9.17) is 10.5 Å². The SMILES string of the molecule is COc1ccc(NC(N)=NC2CCC(c3ccccc3F)CC2)cc1. The lowest BCUT2D eigenvalue weighted by atomic mass is 9.82. The zero-order valence-electron chi connectivity index (χ0n) is 14.4. The summed E-state index contributed by atoms with van der Waals surface area (Å²) in [5.74, 6) is 1.39. The number of nitrogens with one attached hydrogen (secondary N) is 1. The van der Waals surface area contributed by atoms with Gasteiger partial charge in [-0.25, -0.2) is 9.38 Å². The molecule has 0 aromatic heterocycles. The topological polar surface area (TPSA) is 59.6 Å². The van der Waals surface area contributed by atoms with Gasteiger partial charge in [-0.3, -0.25) is 0 Å². The van der Waals surface area contributed by atoms with E-state index in [0.717, 1.165) is 42.7 Å². The molecule has 0 atom stereocenters. The van der Waals surface area contributed by atoms with Gasteiger partial charge in [0.1, 0.15) is 11.6 Å². The smallest absolute Gasteiger partial charge is 0.193 e. The number of hydrogen-bond acceptors (Lipinski definition) is 2. The van der Waals surface area contributed by atoms with Gasteiger partial charge in [0.15, 0.2) is 5.96 Å². The van der Waals surface area contributed by atoms with Gasteiger partial charge in [0.25, 0.3) is 0 Å². The highest BCUT2D eigenvalue weighted by atomic mass is 19.1. The minimum absolute atomic E-state index is 0.102. The second kappa shape index (κ2) is 8.01. The molecule has 2 aromatic carbocycles. The molecule has 1 aliphatic rings. The molecule has 3 N–H and O–H groups in total. The second-order valence-corrected chi connectivity index (χ2v) is 6.39. The Hall–Kier alpha value is -2.56. The number of halogens is 1. The average molecular weight is 341 g/mol. The van der Waals surface area contributed by atoms with Crippen molar-refractivity contribution in [2.45, 2.75) is 37.6 Å². The molecule has 4 nitrogen and oxygen atoms in total. The molecule has 0 bridgehead atoms. The van der Waals surface area contributed by atoms with Crippen LogP contribution in [0.4, 0.5) is 10.1 Å². The van der Waals surface area contributed by atoms with Crippen molar-refractivity contribution in [2.24, 2.45) is 10.7 Å². The highest BCUT2D eigenvalue weighted by molar-refractivity contribution is 5.92. The van der Waals surface area contributed by atoms with Crippen molar-refractivity contribution in [1.29, 1.82) is 0 Å². The standard InChI is InChI=1S/C20H24FN3O/c1-25-17-12-10-16(11-13-17)24-20(22)23-15-8-6-14(7-9-15)18-4-2-3-5-19(18)21/h2-5,10-15H,6-9H2,1H3,(H3,22,23,24). The van der Waals surface area contributed by atoms with E-state index in [-0.39, 0.29) is 17.8 Å². The molecule has 132 valence electrons. The van der Waals surface area contributed by atoms with Crippen molar-refractivity contribution in [3.63, 3.8) is 0 Å². The molecule has 3 rings (SSSR count). The molecule has 0 heterocycles. The van der Waals surface area contributed by atoms with Crippen LogP contribution in [0.5, 0.6) is 5.75 Å². The van der Waals surface area contributed by atoms with Gasteiger partial charge in [-0.15, -0.1) is 0 Å². The molecule has 0 spiro atoms. The fraction of sp³-hybridized carbons (Fsp3) is 0.350. The summed E-state index contributed by atoms with van der Waals surface area (Å²) in [6.07, 6.45) is 3.71. The molecule has 5 heteroatoms. The van der Waals surface area contributed by atoms with E-state index in [2.05, 4.69) is 10.3 Å².